The van der Waals surface area contributed by atoms with Crippen LogP contribution >= 0.6 is 0 Å². The number of aryl methyl sites for hydroxylation is 2. The number of halogens is 3. The first-order valence-corrected chi connectivity index (χ1v) is 9.05. The van der Waals surface area contributed by atoms with Gasteiger partial charge in [-0.1, -0.05) is 44.2 Å². The molecule has 0 aliphatic carbocycles. The number of nitrogens with zero attached hydrogens (tertiary/aromatic N) is 2. The second kappa shape index (κ2) is 8.29. The quantitative estimate of drug-likeness (QED) is 0.537. The first-order chi connectivity index (χ1) is 13.4. The summed E-state index contributed by atoms with van der Waals surface area (Å²) < 4.78 is 40.3. The number of anilines is 4. The Bertz CT molecular complexity index is 937. The maximum Gasteiger partial charge on any atom is 0.421 e. The molecular formula is C21H21F3N4. The third-order valence-electron chi connectivity index (χ3n) is 4.36. The number of para-hydroxylation sites is 1. The number of hydrogen-bond donors (Lipinski definition) is 2. The molecule has 0 aliphatic heterocycles. The molecule has 0 atom stereocenters. The van der Waals surface area contributed by atoms with Crippen molar-refractivity contribution in [3.8, 4) is 0 Å². The highest BCUT2D eigenvalue weighted by molar-refractivity contribution is 5.65. The van der Waals surface area contributed by atoms with Crippen molar-refractivity contribution in [1.29, 1.82) is 0 Å². The van der Waals surface area contributed by atoms with Crippen LogP contribution in [0.5, 0.6) is 0 Å². The molecule has 3 aromatic rings. The molecule has 4 nitrogen and oxygen atoms in total. The van der Waals surface area contributed by atoms with E-state index in [1.807, 2.05) is 50.2 Å². The minimum Gasteiger partial charge on any atom is -0.339 e. The van der Waals surface area contributed by atoms with E-state index in [4.69, 9.17) is 0 Å². The predicted octanol–water partition coefficient (Wildman–Crippen LogP) is 6.11. The molecule has 3 rings (SSSR count). The van der Waals surface area contributed by atoms with E-state index in [0.29, 0.717) is 17.8 Å². The Balaban J connectivity index is 1.94. The maximum absolute atomic E-state index is 13.4. The molecule has 2 aromatic carbocycles. The molecule has 2 N–H and O–H groups in total. The van der Waals surface area contributed by atoms with Gasteiger partial charge in [0.2, 0.25) is 5.95 Å². The van der Waals surface area contributed by atoms with Crippen LogP contribution in [-0.4, -0.2) is 9.97 Å². The van der Waals surface area contributed by atoms with Gasteiger partial charge in [0.15, 0.2) is 0 Å². The summed E-state index contributed by atoms with van der Waals surface area (Å²) in [5.74, 6) is -0.190. The normalized spacial score (nSPS) is 11.3. The van der Waals surface area contributed by atoms with Crippen molar-refractivity contribution >= 4 is 23.1 Å². The molecular weight excluding hydrogens is 365 g/mol. The summed E-state index contributed by atoms with van der Waals surface area (Å²) in [6.07, 6.45) is -2.18. The molecule has 0 saturated heterocycles. The first-order valence-electron chi connectivity index (χ1n) is 9.05. The van der Waals surface area contributed by atoms with Gasteiger partial charge in [-0.05, 0) is 42.2 Å². The summed E-state index contributed by atoms with van der Waals surface area (Å²) in [4.78, 5) is 7.94. The van der Waals surface area contributed by atoms with E-state index in [-0.39, 0.29) is 11.8 Å². The smallest absolute Gasteiger partial charge is 0.339 e. The Kier molecular flexibility index (Phi) is 5.82. The van der Waals surface area contributed by atoms with E-state index >= 15 is 0 Å². The molecule has 28 heavy (non-hydrogen) atoms. The number of benzene rings is 2. The number of nitrogens with one attached hydrogen (secondary N) is 2. The fraction of sp³-hybridized carbons (Fsp3) is 0.238. The van der Waals surface area contributed by atoms with E-state index in [1.165, 1.54) is 0 Å². The lowest BCUT2D eigenvalue weighted by molar-refractivity contribution is -0.137. The highest BCUT2D eigenvalue weighted by Gasteiger charge is 2.35. The largest absolute Gasteiger partial charge is 0.421 e. The molecule has 0 spiro atoms. The van der Waals surface area contributed by atoms with Crippen LogP contribution in [0.2, 0.25) is 0 Å². The van der Waals surface area contributed by atoms with Gasteiger partial charge in [0.05, 0.1) is 0 Å². The van der Waals surface area contributed by atoms with Crippen molar-refractivity contribution < 1.29 is 13.2 Å². The molecule has 0 unspecified atom stereocenters. The predicted molar refractivity (Wildman–Crippen MR) is 105 cm³/mol. The summed E-state index contributed by atoms with van der Waals surface area (Å²) in [7, 11) is 0. The van der Waals surface area contributed by atoms with Gasteiger partial charge in [0.25, 0.3) is 0 Å². The zero-order chi connectivity index (χ0) is 20.1. The lowest BCUT2D eigenvalue weighted by atomic mass is 10.1. The highest BCUT2D eigenvalue weighted by Crippen LogP contribution is 2.35. The molecule has 0 aliphatic rings. The lowest BCUT2D eigenvalue weighted by Gasteiger charge is -2.16. The third-order valence-corrected chi connectivity index (χ3v) is 4.36. The van der Waals surface area contributed by atoms with Crippen molar-refractivity contribution in [2.75, 3.05) is 10.6 Å². The van der Waals surface area contributed by atoms with Crippen LogP contribution in [0.15, 0.2) is 54.7 Å². The number of alkyl halides is 3. The Labute approximate surface area is 161 Å². The fourth-order valence-corrected chi connectivity index (χ4v) is 2.78. The number of hydrogen-bond acceptors (Lipinski definition) is 4. The molecule has 0 radical (unpaired) electrons. The first kappa shape index (κ1) is 19.7. The molecule has 7 heteroatoms. The topological polar surface area (TPSA) is 49.8 Å². The van der Waals surface area contributed by atoms with Crippen LogP contribution in [0.25, 0.3) is 0 Å². The second-order valence-corrected chi connectivity index (χ2v) is 6.26. The van der Waals surface area contributed by atoms with Gasteiger partial charge in [-0.3, -0.25) is 0 Å². The maximum atomic E-state index is 13.4. The van der Waals surface area contributed by atoms with Gasteiger partial charge in [0, 0.05) is 17.6 Å². The van der Waals surface area contributed by atoms with E-state index in [9.17, 15) is 13.2 Å². The SMILES string of the molecule is CCc1ccc(Nc2ncc(C(F)(F)F)c(Nc3ccccc3CC)n2)cc1. The van der Waals surface area contributed by atoms with Crippen molar-refractivity contribution in [2.45, 2.75) is 32.9 Å². The van der Waals surface area contributed by atoms with E-state index in [2.05, 4.69) is 20.6 Å². The summed E-state index contributed by atoms with van der Waals surface area (Å²) in [5, 5.41) is 5.79. The molecule has 0 bridgehead atoms. The van der Waals surface area contributed by atoms with Crippen LogP contribution in [0.1, 0.15) is 30.5 Å². The summed E-state index contributed by atoms with van der Waals surface area (Å²) in [6, 6.07) is 14.8. The average Bonchev–Trinajstić information content (AvgIpc) is 2.68. The minimum absolute atomic E-state index is 0.0914. The number of aromatic nitrogens is 2. The summed E-state index contributed by atoms with van der Waals surface area (Å²) in [6.45, 7) is 3.99. The van der Waals surface area contributed by atoms with Crippen molar-refractivity contribution in [3.05, 3.63) is 71.4 Å². The molecule has 1 heterocycles. The monoisotopic (exact) mass is 386 g/mol. The van der Waals surface area contributed by atoms with Gasteiger partial charge in [0.1, 0.15) is 11.4 Å². The Hall–Kier alpha value is -3.09. The Morgan fingerprint density at radius 3 is 2.25 bits per heavy atom. The number of rotatable bonds is 6. The zero-order valence-electron chi connectivity index (χ0n) is 15.6. The van der Waals surface area contributed by atoms with Crippen LogP contribution in [-0.2, 0) is 19.0 Å². The highest BCUT2D eigenvalue weighted by atomic mass is 19.4. The zero-order valence-corrected chi connectivity index (χ0v) is 15.6. The van der Waals surface area contributed by atoms with Crippen LogP contribution < -0.4 is 10.6 Å². The second-order valence-electron chi connectivity index (χ2n) is 6.26. The summed E-state index contributed by atoms with van der Waals surface area (Å²) in [5.41, 5.74) is 2.45. The molecule has 146 valence electrons. The molecule has 1 aromatic heterocycles. The summed E-state index contributed by atoms with van der Waals surface area (Å²) >= 11 is 0. The van der Waals surface area contributed by atoms with Crippen molar-refractivity contribution in [3.63, 3.8) is 0 Å². The van der Waals surface area contributed by atoms with Crippen molar-refractivity contribution in [1.82, 2.24) is 9.97 Å². The standard InChI is InChI=1S/C21H21F3N4/c1-3-14-9-11-16(12-10-14)26-20-25-13-17(21(22,23)24)19(28-20)27-18-8-6-5-7-15(18)4-2/h5-13H,3-4H2,1-2H3,(H2,25,26,27,28). The van der Waals surface area contributed by atoms with Gasteiger partial charge < -0.3 is 10.6 Å². The third kappa shape index (κ3) is 4.60. The van der Waals surface area contributed by atoms with Gasteiger partial charge in [-0.2, -0.15) is 18.2 Å². The fourth-order valence-electron chi connectivity index (χ4n) is 2.78. The van der Waals surface area contributed by atoms with E-state index < -0.39 is 11.7 Å². The molecule has 0 fully saturated rings. The lowest BCUT2D eigenvalue weighted by Crippen LogP contribution is -2.13. The van der Waals surface area contributed by atoms with E-state index in [1.54, 1.807) is 12.1 Å². The molecule has 0 saturated carbocycles. The van der Waals surface area contributed by atoms with Gasteiger partial charge in [-0.15, -0.1) is 0 Å². The van der Waals surface area contributed by atoms with E-state index in [0.717, 1.165) is 23.7 Å². The minimum atomic E-state index is -4.56. The Morgan fingerprint density at radius 2 is 1.61 bits per heavy atom. The van der Waals surface area contributed by atoms with Crippen LogP contribution in [0.3, 0.4) is 0 Å². The van der Waals surface area contributed by atoms with Gasteiger partial charge >= 0.3 is 6.18 Å². The Morgan fingerprint density at radius 1 is 0.893 bits per heavy atom. The molecule has 0 amide bonds. The van der Waals surface area contributed by atoms with Crippen molar-refractivity contribution in [2.24, 2.45) is 0 Å². The van der Waals surface area contributed by atoms with Crippen LogP contribution in [0, 0.1) is 0 Å². The van der Waals surface area contributed by atoms with Gasteiger partial charge in [-0.25, -0.2) is 4.98 Å². The van der Waals surface area contributed by atoms with Crippen LogP contribution in [0.4, 0.5) is 36.3 Å². The average molecular weight is 386 g/mol.